The van der Waals surface area contributed by atoms with Gasteiger partial charge in [-0.25, -0.2) is 9.18 Å². The summed E-state index contributed by atoms with van der Waals surface area (Å²) in [6.45, 7) is 5.37. The van der Waals surface area contributed by atoms with Gasteiger partial charge in [0.1, 0.15) is 11.3 Å². The Balaban J connectivity index is 0.00000225. The number of nitrogens with two attached hydrogens (primary N) is 1. The number of ether oxygens (including phenoxy) is 1. The van der Waals surface area contributed by atoms with Crippen LogP contribution >= 0.6 is 12.4 Å². The van der Waals surface area contributed by atoms with Gasteiger partial charge in [-0.1, -0.05) is 0 Å². The van der Waals surface area contributed by atoms with Gasteiger partial charge in [0.05, 0.1) is 0 Å². The summed E-state index contributed by atoms with van der Waals surface area (Å²) in [5, 5.41) is 2.61. The molecule has 4 nitrogen and oxygen atoms in total. The molecule has 1 aliphatic rings. The number of alkyl halides is 1. The Morgan fingerprint density at radius 1 is 1.56 bits per heavy atom. The van der Waals surface area contributed by atoms with E-state index in [9.17, 15) is 9.18 Å². The van der Waals surface area contributed by atoms with Crippen molar-refractivity contribution in [3.05, 3.63) is 0 Å². The van der Waals surface area contributed by atoms with Gasteiger partial charge in [-0.15, -0.1) is 12.4 Å². The lowest BCUT2D eigenvalue weighted by atomic mass is 9.77. The lowest BCUT2D eigenvalue weighted by molar-refractivity contribution is 0.0179. The third kappa shape index (κ3) is 4.53. The molecule has 0 saturated heterocycles. The third-order valence-corrected chi connectivity index (χ3v) is 2.31. The molecule has 0 bridgehead atoms. The van der Waals surface area contributed by atoms with Gasteiger partial charge in [-0.05, 0) is 20.8 Å². The van der Waals surface area contributed by atoms with E-state index in [1.807, 2.05) is 0 Å². The fourth-order valence-corrected chi connectivity index (χ4v) is 1.57. The second-order valence-corrected chi connectivity index (χ2v) is 5.11. The van der Waals surface area contributed by atoms with Crippen molar-refractivity contribution in [3.8, 4) is 0 Å². The SMILES string of the molecule is CC(C)(C)OC(=O)NC1CC(F)(CN)C1.Cl. The van der Waals surface area contributed by atoms with Crippen LogP contribution in [-0.2, 0) is 4.74 Å². The van der Waals surface area contributed by atoms with Crippen molar-refractivity contribution in [2.75, 3.05) is 6.54 Å². The standard InChI is InChI=1S/C10H19FN2O2.ClH/c1-9(2,3)15-8(14)13-7-4-10(11,5-7)6-12;/h7H,4-6,12H2,1-3H3,(H,13,14);1H. The van der Waals surface area contributed by atoms with Gasteiger partial charge in [0.25, 0.3) is 0 Å². The molecule has 1 aliphatic carbocycles. The number of carbonyl (C=O) groups is 1. The first kappa shape index (κ1) is 15.4. The summed E-state index contributed by atoms with van der Waals surface area (Å²) in [6, 6.07) is -0.145. The first-order chi connectivity index (χ1) is 6.74. The molecule has 0 heterocycles. The Kier molecular flexibility index (Phi) is 5.01. The van der Waals surface area contributed by atoms with Gasteiger partial charge >= 0.3 is 6.09 Å². The van der Waals surface area contributed by atoms with E-state index in [-0.39, 0.29) is 37.8 Å². The summed E-state index contributed by atoms with van der Waals surface area (Å²) in [6.07, 6.45) is 0.0671. The highest BCUT2D eigenvalue weighted by Gasteiger charge is 2.44. The normalized spacial score (nSPS) is 28.7. The van der Waals surface area contributed by atoms with Gasteiger partial charge in [-0.3, -0.25) is 0 Å². The maximum atomic E-state index is 13.4. The van der Waals surface area contributed by atoms with Crippen LogP contribution in [0.25, 0.3) is 0 Å². The highest BCUT2D eigenvalue weighted by atomic mass is 35.5. The first-order valence-electron chi connectivity index (χ1n) is 5.13. The van der Waals surface area contributed by atoms with E-state index in [0.717, 1.165) is 0 Å². The Labute approximate surface area is 102 Å². The minimum absolute atomic E-state index is 0. The molecule has 0 aliphatic heterocycles. The van der Waals surface area contributed by atoms with Gasteiger partial charge < -0.3 is 15.8 Å². The van der Waals surface area contributed by atoms with Crippen LogP contribution in [-0.4, -0.2) is 29.9 Å². The summed E-state index contributed by atoms with van der Waals surface area (Å²) in [4.78, 5) is 11.3. The Morgan fingerprint density at radius 2 is 2.06 bits per heavy atom. The summed E-state index contributed by atoms with van der Waals surface area (Å²) in [5.74, 6) is 0. The summed E-state index contributed by atoms with van der Waals surface area (Å²) in [7, 11) is 0. The maximum Gasteiger partial charge on any atom is 0.407 e. The van der Waals surface area contributed by atoms with E-state index < -0.39 is 17.4 Å². The van der Waals surface area contributed by atoms with Crippen molar-refractivity contribution in [3.63, 3.8) is 0 Å². The number of alkyl carbamates (subject to hydrolysis) is 1. The molecule has 96 valence electrons. The van der Waals surface area contributed by atoms with Crippen LogP contribution < -0.4 is 11.1 Å². The highest BCUT2D eigenvalue weighted by Crippen LogP contribution is 2.35. The fraction of sp³-hybridized carbons (Fsp3) is 0.900. The van der Waals surface area contributed by atoms with Crippen molar-refractivity contribution < 1.29 is 13.9 Å². The fourth-order valence-electron chi connectivity index (χ4n) is 1.57. The number of nitrogens with one attached hydrogen (secondary N) is 1. The molecule has 0 aromatic heterocycles. The van der Waals surface area contributed by atoms with Crippen LogP contribution in [0.5, 0.6) is 0 Å². The number of carbonyl (C=O) groups excluding carboxylic acids is 1. The molecular formula is C10H20ClFN2O2. The predicted molar refractivity (Wildman–Crippen MR) is 62.5 cm³/mol. The first-order valence-corrected chi connectivity index (χ1v) is 5.13. The monoisotopic (exact) mass is 254 g/mol. The van der Waals surface area contributed by atoms with Crippen LogP contribution in [0.3, 0.4) is 0 Å². The Morgan fingerprint density at radius 3 is 2.44 bits per heavy atom. The van der Waals surface area contributed by atoms with Gasteiger partial charge in [0.2, 0.25) is 0 Å². The van der Waals surface area contributed by atoms with Crippen LogP contribution in [0.1, 0.15) is 33.6 Å². The molecule has 0 atom stereocenters. The van der Waals surface area contributed by atoms with Crippen molar-refractivity contribution in [1.29, 1.82) is 0 Å². The van der Waals surface area contributed by atoms with Crippen molar-refractivity contribution >= 4 is 18.5 Å². The maximum absolute atomic E-state index is 13.4. The molecule has 6 heteroatoms. The lowest BCUT2D eigenvalue weighted by Gasteiger charge is -2.40. The van der Waals surface area contributed by atoms with Gasteiger partial charge in [0.15, 0.2) is 0 Å². The number of amides is 1. The molecular weight excluding hydrogens is 235 g/mol. The topological polar surface area (TPSA) is 64.3 Å². The molecule has 0 spiro atoms. The predicted octanol–water partition coefficient (Wildman–Crippen LogP) is 1.76. The molecule has 3 N–H and O–H groups in total. The molecule has 1 rings (SSSR count). The van der Waals surface area contributed by atoms with Crippen LogP contribution in [0.2, 0.25) is 0 Å². The van der Waals surface area contributed by atoms with Crippen LogP contribution in [0.15, 0.2) is 0 Å². The van der Waals surface area contributed by atoms with Gasteiger partial charge in [-0.2, -0.15) is 0 Å². The van der Waals surface area contributed by atoms with Gasteiger partial charge in [0, 0.05) is 25.4 Å². The number of hydrogen-bond acceptors (Lipinski definition) is 3. The van der Waals surface area contributed by atoms with E-state index in [1.54, 1.807) is 20.8 Å². The average molecular weight is 255 g/mol. The smallest absolute Gasteiger partial charge is 0.407 e. The summed E-state index contributed by atoms with van der Waals surface area (Å²) >= 11 is 0. The minimum atomic E-state index is -1.29. The van der Waals surface area contributed by atoms with E-state index in [2.05, 4.69) is 5.32 Å². The number of hydrogen-bond donors (Lipinski definition) is 2. The second kappa shape index (κ2) is 5.19. The van der Waals surface area contributed by atoms with E-state index in [1.165, 1.54) is 0 Å². The molecule has 1 amide bonds. The zero-order valence-corrected chi connectivity index (χ0v) is 10.7. The molecule has 0 unspecified atom stereocenters. The molecule has 1 fully saturated rings. The van der Waals surface area contributed by atoms with Crippen LogP contribution in [0.4, 0.5) is 9.18 Å². The summed E-state index contributed by atoms with van der Waals surface area (Å²) in [5.41, 5.74) is 3.43. The van der Waals surface area contributed by atoms with E-state index in [4.69, 9.17) is 10.5 Å². The molecule has 0 aromatic rings. The Hall–Kier alpha value is -0.550. The largest absolute Gasteiger partial charge is 0.444 e. The zero-order chi connectivity index (χ0) is 11.7. The third-order valence-electron chi connectivity index (χ3n) is 2.31. The number of rotatable bonds is 2. The average Bonchev–Trinajstić information content (AvgIpc) is 1.97. The molecule has 0 aromatic carbocycles. The number of halogens is 2. The molecule has 1 saturated carbocycles. The van der Waals surface area contributed by atoms with E-state index in [0.29, 0.717) is 0 Å². The minimum Gasteiger partial charge on any atom is -0.444 e. The Bertz CT molecular complexity index is 250. The highest BCUT2D eigenvalue weighted by molar-refractivity contribution is 5.85. The quantitative estimate of drug-likeness (QED) is 0.789. The van der Waals surface area contributed by atoms with Crippen molar-refractivity contribution in [1.82, 2.24) is 5.32 Å². The van der Waals surface area contributed by atoms with Crippen molar-refractivity contribution in [2.45, 2.75) is 50.9 Å². The second-order valence-electron chi connectivity index (χ2n) is 5.11. The zero-order valence-electron chi connectivity index (χ0n) is 9.88. The molecule has 16 heavy (non-hydrogen) atoms. The van der Waals surface area contributed by atoms with Crippen LogP contribution in [0, 0.1) is 0 Å². The summed E-state index contributed by atoms with van der Waals surface area (Å²) < 4.78 is 18.4. The lowest BCUT2D eigenvalue weighted by Crippen LogP contribution is -2.56. The van der Waals surface area contributed by atoms with Crippen molar-refractivity contribution in [2.24, 2.45) is 5.73 Å². The molecule has 0 radical (unpaired) electrons. The van der Waals surface area contributed by atoms with E-state index >= 15 is 0 Å².